The molecule has 1 unspecified atom stereocenters. The number of carboxylic acids is 1. The standard InChI is InChI=1S/C24H32N4O6/c1-14(2)21(23(32)27-11-7-10-17(27)22(31)25-15(3)24(33)34)26-19(29)13-28-18(12-20(28)30)16-8-5-4-6-9-16/h4-6,8-9,14-15,17-18,21H,7,10-13H2,1-3H3,(H,25,31)(H,26,29)(H,33,34)/t15-,17-,18?,21-/m0/s1. The number of hydrogen-bond donors (Lipinski definition) is 3. The van der Waals surface area contributed by atoms with E-state index in [-0.39, 0.29) is 24.4 Å². The van der Waals surface area contributed by atoms with E-state index in [0.29, 0.717) is 25.8 Å². The smallest absolute Gasteiger partial charge is 0.325 e. The number of nitrogens with one attached hydrogen (secondary N) is 2. The summed E-state index contributed by atoms with van der Waals surface area (Å²) in [6.07, 6.45) is 1.36. The van der Waals surface area contributed by atoms with Crippen molar-refractivity contribution in [1.82, 2.24) is 20.4 Å². The molecule has 2 aliphatic rings. The van der Waals surface area contributed by atoms with E-state index >= 15 is 0 Å². The minimum absolute atomic E-state index is 0.125. The van der Waals surface area contributed by atoms with Crippen molar-refractivity contribution < 1.29 is 29.1 Å². The van der Waals surface area contributed by atoms with E-state index in [1.807, 2.05) is 30.3 Å². The second kappa shape index (κ2) is 10.7. The number of likely N-dealkylation sites (tertiary alicyclic amines) is 2. The Bertz CT molecular complexity index is 950. The summed E-state index contributed by atoms with van der Waals surface area (Å²) in [5.74, 6) is -2.90. The summed E-state index contributed by atoms with van der Waals surface area (Å²) in [6.45, 7) is 5.13. The number of carbonyl (C=O) groups excluding carboxylic acids is 4. The van der Waals surface area contributed by atoms with E-state index in [1.54, 1.807) is 13.8 Å². The molecule has 0 saturated carbocycles. The summed E-state index contributed by atoms with van der Waals surface area (Å²) in [7, 11) is 0. The Labute approximate surface area is 198 Å². The first-order chi connectivity index (χ1) is 16.1. The van der Waals surface area contributed by atoms with Crippen LogP contribution in [0.3, 0.4) is 0 Å². The maximum absolute atomic E-state index is 13.3. The van der Waals surface area contributed by atoms with Crippen LogP contribution < -0.4 is 10.6 Å². The predicted molar refractivity (Wildman–Crippen MR) is 122 cm³/mol. The summed E-state index contributed by atoms with van der Waals surface area (Å²) in [4.78, 5) is 64.8. The molecule has 1 aromatic carbocycles. The fourth-order valence-corrected chi connectivity index (χ4v) is 4.37. The highest BCUT2D eigenvalue weighted by Gasteiger charge is 2.41. The van der Waals surface area contributed by atoms with Gasteiger partial charge in [-0.25, -0.2) is 0 Å². The Morgan fingerprint density at radius 2 is 1.76 bits per heavy atom. The Morgan fingerprint density at radius 1 is 1.09 bits per heavy atom. The van der Waals surface area contributed by atoms with Gasteiger partial charge in [0.1, 0.15) is 24.7 Å². The van der Waals surface area contributed by atoms with Gasteiger partial charge >= 0.3 is 5.97 Å². The fraction of sp³-hybridized carbons (Fsp3) is 0.542. The Morgan fingerprint density at radius 3 is 2.35 bits per heavy atom. The van der Waals surface area contributed by atoms with Crippen LogP contribution in [0.25, 0.3) is 0 Å². The molecule has 0 aromatic heterocycles. The number of carbonyl (C=O) groups is 5. The number of carboxylic acid groups (broad SMARTS) is 1. The van der Waals surface area contributed by atoms with Crippen LogP contribution in [0.15, 0.2) is 30.3 Å². The molecule has 0 spiro atoms. The van der Waals surface area contributed by atoms with Gasteiger partial charge in [0.15, 0.2) is 0 Å². The predicted octanol–water partition coefficient (Wildman–Crippen LogP) is 0.681. The highest BCUT2D eigenvalue weighted by atomic mass is 16.4. The van der Waals surface area contributed by atoms with Crippen LogP contribution in [-0.4, -0.2) is 75.7 Å². The van der Waals surface area contributed by atoms with Gasteiger partial charge in [0.25, 0.3) is 0 Å². The van der Waals surface area contributed by atoms with E-state index in [0.717, 1.165) is 5.56 Å². The fourth-order valence-electron chi connectivity index (χ4n) is 4.37. The number of amides is 4. The number of benzene rings is 1. The molecule has 0 aliphatic carbocycles. The number of rotatable bonds is 9. The number of aliphatic carboxylic acids is 1. The Kier molecular flexibility index (Phi) is 7.90. The average Bonchev–Trinajstić information content (AvgIpc) is 3.29. The molecular formula is C24H32N4O6. The first kappa shape index (κ1) is 25.2. The van der Waals surface area contributed by atoms with Crippen molar-refractivity contribution in [3.63, 3.8) is 0 Å². The van der Waals surface area contributed by atoms with E-state index in [1.165, 1.54) is 16.7 Å². The minimum atomic E-state index is -1.16. The largest absolute Gasteiger partial charge is 0.480 e. The van der Waals surface area contributed by atoms with Gasteiger partial charge in [-0.1, -0.05) is 44.2 Å². The molecule has 4 atom stereocenters. The number of β-lactam (4-membered cyclic amide) rings is 1. The van der Waals surface area contributed by atoms with E-state index in [9.17, 15) is 24.0 Å². The average molecular weight is 473 g/mol. The van der Waals surface area contributed by atoms with Crippen LogP contribution >= 0.6 is 0 Å². The van der Waals surface area contributed by atoms with Crippen LogP contribution in [0.4, 0.5) is 0 Å². The van der Waals surface area contributed by atoms with Gasteiger partial charge < -0.3 is 25.5 Å². The van der Waals surface area contributed by atoms with Crippen LogP contribution in [0.1, 0.15) is 51.6 Å². The zero-order chi connectivity index (χ0) is 25.0. The Balaban J connectivity index is 1.64. The molecule has 2 saturated heterocycles. The second-order valence-electron chi connectivity index (χ2n) is 9.20. The lowest BCUT2D eigenvalue weighted by molar-refractivity contribution is -0.150. The van der Waals surface area contributed by atoms with Gasteiger partial charge in [-0.05, 0) is 31.2 Å². The first-order valence-electron chi connectivity index (χ1n) is 11.6. The number of hydrogen-bond acceptors (Lipinski definition) is 5. The zero-order valence-electron chi connectivity index (χ0n) is 19.7. The molecule has 10 heteroatoms. The van der Waals surface area contributed by atoms with E-state index in [4.69, 9.17) is 5.11 Å². The van der Waals surface area contributed by atoms with Gasteiger partial charge in [0, 0.05) is 6.54 Å². The molecule has 2 heterocycles. The van der Waals surface area contributed by atoms with Crippen LogP contribution in [0.2, 0.25) is 0 Å². The van der Waals surface area contributed by atoms with Crippen LogP contribution in [0, 0.1) is 5.92 Å². The van der Waals surface area contributed by atoms with Gasteiger partial charge in [-0.15, -0.1) is 0 Å². The summed E-state index contributed by atoms with van der Waals surface area (Å²) in [6, 6.07) is 6.56. The second-order valence-corrected chi connectivity index (χ2v) is 9.20. The maximum Gasteiger partial charge on any atom is 0.325 e. The molecule has 184 valence electrons. The third kappa shape index (κ3) is 5.55. The molecule has 0 bridgehead atoms. The van der Waals surface area contributed by atoms with Gasteiger partial charge in [-0.3, -0.25) is 24.0 Å². The van der Waals surface area contributed by atoms with Crippen LogP contribution in [-0.2, 0) is 24.0 Å². The lowest BCUT2D eigenvalue weighted by Gasteiger charge is -2.40. The summed E-state index contributed by atoms with van der Waals surface area (Å²) < 4.78 is 0. The lowest BCUT2D eigenvalue weighted by atomic mass is 9.94. The summed E-state index contributed by atoms with van der Waals surface area (Å²) in [5.41, 5.74) is 0.952. The molecule has 2 aliphatic heterocycles. The lowest BCUT2D eigenvalue weighted by Crippen LogP contribution is -2.58. The highest BCUT2D eigenvalue weighted by Crippen LogP contribution is 2.33. The summed E-state index contributed by atoms with van der Waals surface area (Å²) in [5, 5.41) is 14.2. The van der Waals surface area contributed by atoms with Crippen molar-refractivity contribution in [2.24, 2.45) is 5.92 Å². The SMILES string of the molecule is CC(C)[C@H](NC(=O)CN1C(=O)CC1c1ccccc1)C(=O)N1CCC[C@H]1C(=O)N[C@@H](C)C(=O)O. The quantitative estimate of drug-likeness (QED) is 0.452. The first-order valence-corrected chi connectivity index (χ1v) is 11.6. The molecule has 34 heavy (non-hydrogen) atoms. The Hall–Kier alpha value is -3.43. The molecule has 0 radical (unpaired) electrons. The molecule has 3 N–H and O–H groups in total. The van der Waals surface area contributed by atoms with Crippen molar-refractivity contribution in [1.29, 1.82) is 0 Å². The minimum Gasteiger partial charge on any atom is -0.480 e. The third-order valence-electron chi connectivity index (χ3n) is 6.38. The molecule has 1 aromatic rings. The third-order valence-corrected chi connectivity index (χ3v) is 6.38. The van der Waals surface area contributed by atoms with Crippen molar-refractivity contribution in [3.05, 3.63) is 35.9 Å². The van der Waals surface area contributed by atoms with Crippen molar-refractivity contribution in [2.75, 3.05) is 13.1 Å². The van der Waals surface area contributed by atoms with Gasteiger partial charge in [0.05, 0.1) is 12.5 Å². The molecule has 2 fully saturated rings. The van der Waals surface area contributed by atoms with Crippen molar-refractivity contribution in [2.45, 2.75) is 64.2 Å². The van der Waals surface area contributed by atoms with Crippen LogP contribution in [0.5, 0.6) is 0 Å². The highest BCUT2D eigenvalue weighted by molar-refractivity contribution is 5.95. The molecule has 3 rings (SSSR count). The van der Waals surface area contributed by atoms with Crippen molar-refractivity contribution in [3.8, 4) is 0 Å². The normalized spacial score (nSPS) is 21.6. The molecule has 4 amide bonds. The topological polar surface area (TPSA) is 136 Å². The number of nitrogens with zero attached hydrogens (tertiary/aromatic N) is 2. The van der Waals surface area contributed by atoms with Gasteiger partial charge in [-0.2, -0.15) is 0 Å². The van der Waals surface area contributed by atoms with Crippen molar-refractivity contribution >= 4 is 29.6 Å². The monoisotopic (exact) mass is 472 g/mol. The van der Waals surface area contributed by atoms with E-state index < -0.39 is 41.8 Å². The zero-order valence-corrected chi connectivity index (χ0v) is 19.7. The molecule has 10 nitrogen and oxygen atoms in total. The molecular weight excluding hydrogens is 440 g/mol. The summed E-state index contributed by atoms with van der Waals surface area (Å²) >= 11 is 0. The van der Waals surface area contributed by atoms with Gasteiger partial charge in [0.2, 0.25) is 23.6 Å². The maximum atomic E-state index is 13.3. The van der Waals surface area contributed by atoms with E-state index in [2.05, 4.69) is 10.6 Å².